The molecule has 1 aromatic heterocycles. The van der Waals surface area contributed by atoms with E-state index in [-0.39, 0.29) is 23.7 Å². The van der Waals surface area contributed by atoms with Crippen LogP contribution < -0.4 is 19.6 Å². The molecule has 0 atom stereocenters. The Labute approximate surface area is 436 Å². The quantitative estimate of drug-likeness (QED) is 0.102. The van der Waals surface area contributed by atoms with Crippen LogP contribution in [-0.4, -0.2) is 45.0 Å². The fraction of sp³-hybridized carbons (Fsp3) is 0.286. The average Bonchev–Trinajstić information content (AvgIpc) is 3.42. The number of hydrogen-bond acceptors (Lipinski definition) is 5. The van der Waals surface area contributed by atoms with E-state index < -0.39 is 0 Å². The Balaban J connectivity index is 0.000000194. The number of hydrogen-bond donors (Lipinski definition) is 0. The molecule has 2 amide bonds. The minimum Gasteiger partial charge on any atom is -0.378 e. The van der Waals surface area contributed by atoms with E-state index in [0.29, 0.717) is 13.1 Å². The van der Waals surface area contributed by atoms with Crippen molar-refractivity contribution in [3.8, 4) is 22.3 Å². The van der Waals surface area contributed by atoms with Gasteiger partial charge < -0.3 is 19.6 Å². The monoisotopic (exact) mass is 1050 g/mol. The lowest BCUT2D eigenvalue weighted by Crippen LogP contribution is -2.36. The smallest absolute Gasteiger partial charge is 0.230 e. The molecule has 8 heteroatoms. The zero-order valence-corrected chi connectivity index (χ0v) is 44.0. The molecule has 71 heavy (non-hydrogen) atoms. The molecule has 0 bridgehead atoms. The maximum atomic E-state index is 13.9. The van der Waals surface area contributed by atoms with Gasteiger partial charge in [-0.3, -0.25) is 14.6 Å². The lowest BCUT2D eigenvalue weighted by atomic mass is 9.88. The molecule has 0 aliphatic heterocycles. The Bertz CT molecular complexity index is 2810. The van der Waals surface area contributed by atoms with Crippen molar-refractivity contribution in [3.63, 3.8) is 0 Å². The first-order valence-electron chi connectivity index (χ1n) is 25.4. The third kappa shape index (κ3) is 14.1. The Morgan fingerprint density at radius 2 is 0.915 bits per heavy atom. The summed E-state index contributed by atoms with van der Waals surface area (Å²) in [7, 11) is 8.21. The van der Waals surface area contributed by atoms with Gasteiger partial charge in [-0.25, -0.2) is 0 Å². The highest BCUT2D eigenvalue weighted by molar-refractivity contribution is 14.1. The van der Waals surface area contributed by atoms with Crippen molar-refractivity contribution < 1.29 is 9.59 Å². The van der Waals surface area contributed by atoms with Crippen LogP contribution in [-0.2, 0) is 22.7 Å². The van der Waals surface area contributed by atoms with E-state index in [1.54, 1.807) is 6.20 Å². The Hall–Kier alpha value is -6.52. The van der Waals surface area contributed by atoms with Crippen molar-refractivity contribution in [1.82, 2.24) is 4.98 Å². The molecule has 2 fully saturated rings. The summed E-state index contributed by atoms with van der Waals surface area (Å²) in [6.07, 6.45) is 17.0. The van der Waals surface area contributed by atoms with Gasteiger partial charge in [0.1, 0.15) is 0 Å². The van der Waals surface area contributed by atoms with E-state index in [4.69, 9.17) is 0 Å². The standard InChI is InChI=1S/C35H37N3O.C28H31IN2O/c1-37(2)33-22-19-30(20-23-33)29-17-14-28(15-18-29)26-38(35(39)31-10-4-3-5-11-31)34-13-8-9-27(25-34)16-21-32-12-6-7-24-36-32;1-30(2)26-17-15-23(16-18-26)22-13-11-21(12-14-22)20-31(27-10-6-9-25(29)19-27)28(32)24-7-4-3-5-8-24/h6-9,12-25,31H,3-5,10-11,26H2,1-2H3;6,9-19,24H,3-5,7-8,20H2,1-2H3/b21-16+;. The highest BCUT2D eigenvalue weighted by Gasteiger charge is 2.29. The number of anilines is 4. The molecule has 1 heterocycles. The largest absolute Gasteiger partial charge is 0.378 e. The van der Waals surface area contributed by atoms with Crippen LogP contribution in [0.15, 0.2) is 170 Å². The number of aromatic nitrogens is 1. The number of benzene rings is 6. The number of amides is 2. The van der Waals surface area contributed by atoms with Crippen LogP contribution in [0, 0.1) is 15.4 Å². The van der Waals surface area contributed by atoms with Gasteiger partial charge >= 0.3 is 0 Å². The summed E-state index contributed by atoms with van der Waals surface area (Å²) >= 11 is 2.32. The van der Waals surface area contributed by atoms with Crippen molar-refractivity contribution >= 4 is 69.3 Å². The Morgan fingerprint density at radius 1 is 0.479 bits per heavy atom. The number of rotatable bonds is 14. The van der Waals surface area contributed by atoms with Crippen LogP contribution in [0.3, 0.4) is 0 Å². The van der Waals surface area contributed by atoms with Gasteiger partial charge in [-0.05, 0) is 160 Å². The SMILES string of the molecule is CN(C)c1ccc(-c2ccc(CN(C(=O)C3CCCCC3)c3cccc(/C=C/c4ccccn4)c3)cc2)cc1.CN(C)c1ccc(-c2ccc(CN(C(=O)C3CCCCC3)c3cccc(I)c3)cc2)cc1. The second-order valence-corrected chi connectivity index (χ2v) is 20.7. The summed E-state index contributed by atoms with van der Waals surface area (Å²) in [6, 6.07) is 56.9. The summed E-state index contributed by atoms with van der Waals surface area (Å²) in [5.41, 5.74) is 13.3. The van der Waals surface area contributed by atoms with Crippen molar-refractivity contribution in [3.05, 3.63) is 196 Å². The minimum atomic E-state index is 0.0981. The molecule has 0 radical (unpaired) electrons. The molecule has 2 saturated carbocycles. The van der Waals surface area contributed by atoms with Gasteiger partial charge in [-0.2, -0.15) is 0 Å². The van der Waals surface area contributed by atoms with E-state index in [1.165, 1.54) is 46.5 Å². The lowest BCUT2D eigenvalue weighted by molar-refractivity contribution is -0.124. The van der Waals surface area contributed by atoms with Gasteiger partial charge in [-0.15, -0.1) is 0 Å². The van der Waals surface area contributed by atoms with Crippen molar-refractivity contribution in [2.45, 2.75) is 77.3 Å². The number of nitrogens with zero attached hydrogens (tertiary/aromatic N) is 5. The van der Waals surface area contributed by atoms with Crippen molar-refractivity contribution in [2.75, 3.05) is 47.8 Å². The summed E-state index contributed by atoms with van der Waals surface area (Å²) in [5.74, 6) is 0.760. The van der Waals surface area contributed by atoms with E-state index in [9.17, 15) is 9.59 Å². The topological polar surface area (TPSA) is 60.0 Å². The van der Waals surface area contributed by atoms with Gasteiger partial charge in [0.2, 0.25) is 11.8 Å². The molecule has 0 N–H and O–H groups in total. The molecule has 0 spiro atoms. The molecule has 0 unspecified atom stereocenters. The summed E-state index contributed by atoms with van der Waals surface area (Å²) in [5, 5.41) is 0. The van der Waals surface area contributed by atoms with Crippen LogP contribution in [0.1, 0.15) is 86.6 Å². The van der Waals surface area contributed by atoms with Crippen molar-refractivity contribution in [1.29, 1.82) is 0 Å². The maximum Gasteiger partial charge on any atom is 0.230 e. The Kier molecular flexibility index (Phi) is 17.9. The van der Waals surface area contributed by atoms with Crippen LogP contribution in [0.2, 0.25) is 0 Å². The fourth-order valence-electron chi connectivity index (χ4n) is 9.70. The summed E-state index contributed by atoms with van der Waals surface area (Å²) in [6.45, 7) is 1.16. The Morgan fingerprint density at radius 3 is 1.34 bits per heavy atom. The highest BCUT2D eigenvalue weighted by Crippen LogP contribution is 2.33. The van der Waals surface area contributed by atoms with E-state index in [0.717, 1.165) is 88.7 Å². The molecule has 7 nitrogen and oxygen atoms in total. The number of pyridine rings is 1. The summed E-state index contributed by atoms with van der Waals surface area (Å²) < 4.78 is 1.15. The minimum absolute atomic E-state index is 0.0981. The number of carbonyl (C=O) groups excluding carboxylic acids is 2. The number of halogens is 1. The predicted molar refractivity (Wildman–Crippen MR) is 307 cm³/mol. The highest BCUT2D eigenvalue weighted by atomic mass is 127. The lowest BCUT2D eigenvalue weighted by Gasteiger charge is -2.30. The molecule has 0 saturated heterocycles. The van der Waals surface area contributed by atoms with Gasteiger partial charge in [0, 0.05) is 72.5 Å². The maximum absolute atomic E-state index is 13.9. The normalized spacial score (nSPS) is 14.0. The molecule has 9 rings (SSSR count). The van der Waals surface area contributed by atoms with Crippen molar-refractivity contribution in [2.24, 2.45) is 11.8 Å². The third-order valence-corrected chi connectivity index (χ3v) is 14.6. The first-order valence-corrected chi connectivity index (χ1v) is 26.5. The van der Waals surface area contributed by atoms with Gasteiger partial charge in [0.05, 0.1) is 18.8 Å². The third-order valence-electron chi connectivity index (χ3n) is 13.9. The summed E-state index contributed by atoms with van der Waals surface area (Å²) in [4.78, 5) is 40.0. The van der Waals surface area contributed by atoms with E-state index in [1.807, 2.05) is 46.2 Å². The molecule has 364 valence electrons. The van der Waals surface area contributed by atoms with Crippen LogP contribution in [0.5, 0.6) is 0 Å². The van der Waals surface area contributed by atoms with Gasteiger partial charge in [0.25, 0.3) is 0 Å². The van der Waals surface area contributed by atoms with E-state index in [2.05, 4.69) is 205 Å². The predicted octanol–water partition coefficient (Wildman–Crippen LogP) is 15.2. The molecule has 2 aliphatic carbocycles. The van der Waals surface area contributed by atoms with Crippen LogP contribution >= 0.6 is 22.6 Å². The van der Waals surface area contributed by atoms with Crippen LogP contribution in [0.4, 0.5) is 22.7 Å². The second kappa shape index (κ2) is 25.0. The number of carbonyl (C=O) groups is 2. The first-order chi connectivity index (χ1) is 34.6. The zero-order valence-electron chi connectivity index (χ0n) is 41.9. The fourth-order valence-corrected chi connectivity index (χ4v) is 10.2. The zero-order chi connectivity index (χ0) is 49.5. The van der Waals surface area contributed by atoms with E-state index >= 15 is 0 Å². The van der Waals surface area contributed by atoms with Crippen LogP contribution in [0.25, 0.3) is 34.4 Å². The molecule has 7 aromatic rings. The molecule has 6 aromatic carbocycles. The average molecular weight is 1050 g/mol. The molecular formula is C63H68IN5O2. The second-order valence-electron chi connectivity index (χ2n) is 19.5. The molecule has 2 aliphatic rings. The van der Waals surface area contributed by atoms with Gasteiger partial charge in [0.15, 0.2) is 0 Å². The first kappa shape index (κ1) is 50.9. The molecular weight excluding hydrogens is 986 g/mol. The van der Waals surface area contributed by atoms with Gasteiger partial charge in [-0.1, -0.05) is 142 Å².